The van der Waals surface area contributed by atoms with Crippen molar-refractivity contribution >= 4 is 27.2 Å². The van der Waals surface area contributed by atoms with Gasteiger partial charge in [0.2, 0.25) is 10.0 Å². The van der Waals surface area contributed by atoms with Gasteiger partial charge in [-0.05, 0) is 25.0 Å². The maximum Gasteiger partial charge on any atom is 0.245 e. The van der Waals surface area contributed by atoms with Crippen LogP contribution >= 0.6 is 12.2 Å². The maximum atomic E-state index is 12.6. The molecule has 0 unspecified atom stereocenters. The van der Waals surface area contributed by atoms with E-state index >= 15 is 0 Å². The Labute approximate surface area is 118 Å². The Morgan fingerprint density at radius 1 is 1.26 bits per heavy atom. The van der Waals surface area contributed by atoms with Gasteiger partial charge < -0.3 is 5.73 Å². The molecule has 0 aliphatic carbocycles. The van der Waals surface area contributed by atoms with Gasteiger partial charge in [0.05, 0.1) is 0 Å². The SMILES string of the molecule is NC(=S)c1ncccc1S(=O)(=O)N1CCCCCC1. The van der Waals surface area contributed by atoms with E-state index in [0.29, 0.717) is 13.1 Å². The summed E-state index contributed by atoms with van der Waals surface area (Å²) in [5.74, 6) is 0. The standard InChI is InChI=1S/C12H17N3O2S2/c13-12(18)11-10(6-5-7-14-11)19(16,17)15-8-3-1-2-4-9-15/h5-7H,1-4,8-9H2,(H2,13,18). The summed E-state index contributed by atoms with van der Waals surface area (Å²) in [7, 11) is -3.56. The highest BCUT2D eigenvalue weighted by atomic mass is 32.2. The highest BCUT2D eigenvalue weighted by molar-refractivity contribution is 7.89. The van der Waals surface area contributed by atoms with Gasteiger partial charge in [0.15, 0.2) is 0 Å². The summed E-state index contributed by atoms with van der Waals surface area (Å²) < 4.78 is 26.8. The molecule has 1 aromatic rings. The molecule has 0 bridgehead atoms. The zero-order valence-electron chi connectivity index (χ0n) is 10.6. The second kappa shape index (κ2) is 5.94. The van der Waals surface area contributed by atoms with E-state index in [-0.39, 0.29) is 15.6 Å². The van der Waals surface area contributed by atoms with Crippen molar-refractivity contribution < 1.29 is 8.42 Å². The van der Waals surface area contributed by atoms with E-state index in [4.69, 9.17) is 18.0 Å². The molecule has 104 valence electrons. The molecule has 0 amide bonds. The number of aromatic nitrogens is 1. The molecule has 1 aliphatic heterocycles. The predicted molar refractivity (Wildman–Crippen MR) is 77.4 cm³/mol. The van der Waals surface area contributed by atoms with Crippen LogP contribution in [0.1, 0.15) is 31.4 Å². The van der Waals surface area contributed by atoms with Crippen molar-refractivity contribution in [1.82, 2.24) is 9.29 Å². The van der Waals surface area contributed by atoms with Gasteiger partial charge >= 0.3 is 0 Å². The zero-order valence-corrected chi connectivity index (χ0v) is 12.2. The lowest BCUT2D eigenvalue weighted by Gasteiger charge is -2.20. The Hall–Kier alpha value is -1.05. The number of hydrogen-bond donors (Lipinski definition) is 1. The van der Waals surface area contributed by atoms with Crippen LogP contribution in [0.25, 0.3) is 0 Å². The van der Waals surface area contributed by atoms with Gasteiger partial charge in [0.1, 0.15) is 15.6 Å². The smallest absolute Gasteiger partial charge is 0.245 e. The average Bonchev–Trinajstić information content (AvgIpc) is 2.68. The van der Waals surface area contributed by atoms with Crippen molar-refractivity contribution in [3.05, 3.63) is 24.0 Å². The summed E-state index contributed by atoms with van der Waals surface area (Å²) in [6, 6.07) is 3.11. The van der Waals surface area contributed by atoms with E-state index in [2.05, 4.69) is 4.98 Å². The number of rotatable bonds is 3. The van der Waals surface area contributed by atoms with Gasteiger partial charge in [-0.15, -0.1) is 0 Å². The Bertz CT molecular complexity index is 564. The molecule has 2 N–H and O–H groups in total. The summed E-state index contributed by atoms with van der Waals surface area (Å²) in [5.41, 5.74) is 5.74. The highest BCUT2D eigenvalue weighted by Crippen LogP contribution is 2.22. The number of hydrogen-bond acceptors (Lipinski definition) is 4. The van der Waals surface area contributed by atoms with Crippen LogP contribution in [-0.4, -0.2) is 35.8 Å². The fourth-order valence-corrected chi connectivity index (χ4v) is 4.11. The number of thiocarbonyl (C=S) groups is 1. The second-order valence-electron chi connectivity index (χ2n) is 4.53. The fourth-order valence-electron chi connectivity index (χ4n) is 2.20. The molecule has 1 fully saturated rings. The molecule has 0 atom stereocenters. The first-order valence-electron chi connectivity index (χ1n) is 6.28. The molecule has 5 nitrogen and oxygen atoms in total. The van der Waals surface area contributed by atoms with Gasteiger partial charge in [-0.2, -0.15) is 4.31 Å². The molecular weight excluding hydrogens is 282 g/mol. The summed E-state index contributed by atoms with van der Waals surface area (Å²) in [6.45, 7) is 1.10. The average molecular weight is 299 g/mol. The molecule has 7 heteroatoms. The van der Waals surface area contributed by atoms with Crippen molar-refractivity contribution in [2.24, 2.45) is 5.73 Å². The lowest BCUT2D eigenvalue weighted by molar-refractivity contribution is 0.423. The molecular formula is C12H17N3O2S2. The molecule has 1 saturated heterocycles. The van der Waals surface area contributed by atoms with E-state index < -0.39 is 10.0 Å². The number of pyridine rings is 1. The van der Waals surface area contributed by atoms with Gasteiger partial charge in [-0.25, -0.2) is 8.42 Å². The topological polar surface area (TPSA) is 76.3 Å². The van der Waals surface area contributed by atoms with Crippen LogP contribution in [0, 0.1) is 0 Å². The van der Waals surface area contributed by atoms with E-state index in [1.165, 1.54) is 16.6 Å². The molecule has 0 saturated carbocycles. The first-order chi connectivity index (χ1) is 9.03. The van der Waals surface area contributed by atoms with Crippen LogP contribution in [0.5, 0.6) is 0 Å². The van der Waals surface area contributed by atoms with Crippen LogP contribution in [-0.2, 0) is 10.0 Å². The minimum Gasteiger partial charge on any atom is -0.388 e. The Morgan fingerprint density at radius 2 is 1.89 bits per heavy atom. The number of nitrogens with zero attached hydrogens (tertiary/aromatic N) is 2. The third kappa shape index (κ3) is 3.10. The van der Waals surface area contributed by atoms with E-state index in [0.717, 1.165) is 25.7 Å². The lowest BCUT2D eigenvalue weighted by Crippen LogP contribution is -2.33. The van der Waals surface area contributed by atoms with Crippen molar-refractivity contribution in [3.8, 4) is 0 Å². The highest BCUT2D eigenvalue weighted by Gasteiger charge is 2.28. The third-order valence-corrected chi connectivity index (χ3v) is 5.31. The van der Waals surface area contributed by atoms with Gasteiger partial charge in [0.25, 0.3) is 0 Å². The number of nitrogens with two attached hydrogens (primary N) is 1. The van der Waals surface area contributed by atoms with Crippen LogP contribution in [0.15, 0.2) is 23.2 Å². The minimum absolute atomic E-state index is 0.00833. The van der Waals surface area contributed by atoms with Crippen LogP contribution in [0.4, 0.5) is 0 Å². The Kier molecular flexibility index (Phi) is 4.49. The van der Waals surface area contributed by atoms with Gasteiger partial charge in [0, 0.05) is 19.3 Å². The molecule has 0 radical (unpaired) electrons. The Morgan fingerprint density at radius 3 is 2.47 bits per heavy atom. The quantitative estimate of drug-likeness (QED) is 0.851. The minimum atomic E-state index is -3.56. The molecule has 1 aliphatic rings. The normalized spacial score (nSPS) is 17.9. The van der Waals surface area contributed by atoms with Crippen molar-refractivity contribution in [2.45, 2.75) is 30.6 Å². The zero-order chi connectivity index (χ0) is 13.9. The van der Waals surface area contributed by atoms with Crippen molar-refractivity contribution in [2.75, 3.05) is 13.1 Å². The van der Waals surface area contributed by atoms with Gasteiger partial charge in [-0.1, -0.05) is 25.1 Å². The van der Waals surface area contributed by atoms with Gasteiger partial charge in [-0.3, -0.25) is 4.98 Å². The monoisotopic (exact) mass is 299 g/mol. The summed E-state index contributed by atoms with van der Waals surface area (Å²) in [5, 5.41) is 0. The summed E-state index contributed by atoms with van der Waals surface area (Å²) >= 11 is 4.88. The fraction of sp³-hybridized carbons (Fsp3) is 0.500. The maximum absolute atomic E-state index is 12.6. The van der Waals surface area contributed by atoms with Crippen LogP contribution < -0.4 is 5.73 Å². The van der Waals surface area contributed by atoms with E-state index in [9.17, 15) is 8.42 Å². The van der Waals surface area contributed by atoms with Crippen molar-refractivity contribution in [3.63, 3.8) is 0 Å². The Balaban J connectivity index is 2.41. The summed E-state index contributed by atoms with van der Waals surface area (Å²) in [4.78, 5) is 4.11. The first kappa shape index (κ1) is 14.4. The van der Waals surface area contributed by atoms with Crippen LogP contribution in [0.2, 0.25) is 0 Å². The molecule has 2 heterocycles. The molecule has 1 aromatic heterocycles. The largest absolute Gasteiger partial charge is 0.388 e. The molecule has 0 spiro atoms. The lowest BCUT2D eigenvalue weighted by atomic mass is 10.2. The van der Waals surface area contributed by atoms with E-state index in [1.807, 2.05) is 0 Å². The van der Waals surface area contributed by atoms with Crippen LogP contribution in [0.3, 0.4) is 0 Å². The molecule has 2 rings (SSSR count). The second-order valence-corrected chi connectivity index (χ2v) is 6.88. The first-order valence-corrected chi connectivity index (χ1v) is 8.13. The van der Waals surface area contributed by atoms with E-state index in [1.54, 1.807) is 6.07 Å². The molecule has 0 aromatic carbocycles. The number of sulfonamides is 1. The summed E-state index contributed by atoms with van der Waals surface area (Å²) in [6.07, 6.45) is 5.42. The third-order valence-electron chi connectivity index (χ3n) is 3.19. The molecule has 19 heavy (non-hydrogen) atoms. The van der Waals surface area contributed by atoms with Crippen molar-refractivity contribution in [1.29, 1.82) is 0 Å². The predicted octanol–water partition coefficient (Wildman–Crippen LogP) is 1.28.